The molecule has 0 spiro atoms. The maximum Gasteiger partial charge on any atom is 0.313 e. The maximum atomic E-state index is 10.8. The topological polar surface area (TPSA) is 67.2 Å². The van der Waals surface area contributed by atoms with Gasteiger partial charge >= 0.3 is 5.97 Å². The average Bonchev–Trinajstić information content (AvgIpc) is 2.10. The van der Waals surface area contributed by atoms with Crippen molar-refractivity contribution in [2.75, 3.05) is 6.61 Å². The second-order valence-electron chi connectivity index (χ2n) is 2.92. The molecular formula is C10H13NO3. The number of ketones is 1. The first-order valence-electron chi connectivity index (χ1n) is 4.29. The van der Waals surface area contributed by atoms with E-state index >= 15 is 0 Å². The van der Waals surface area contributed by atoms with Gasteiger partial charge in [0.25, 0.3) is 0 Å². The molecule has 0 N–H and O–H groups in total. The normalized spacial score (nSPS) is 8.86. The summed E-state index contributed by atoms with van der Waals surface area (Å²) in [7, 11) is 0. The molecule has 14 heavy (non-hydrogen) atoms. The Morgan fingerprint density at radius 2 is 2.14 bits per heavy atom. The van der Waals surface area contributed by atoms with Gasteiger partial charge in [-0.25, -0.2) is 0 Å². The zero-order valence-corrected chi connectivity index (χ0v) is 8.21. The minimum absolute atomic E-state index is 0.181. The number of carbonyl (C=O) groups excluding carboxylic acids is 2. The maximum absolute atomic E-state index is 10.8. The summed E-state index contributed by atoms with van der Waals surface area (Å²) in [5.41, 5.74) is 0.465. The zero-order valence-electron chi connectivity index (χ0n) is 8.21. The van der Waals surface area contributed by atoms with Gasteiger partial charge in [-0.05, 0) is 19.8 Å². The van der Waals surface area contributed by atoms with Gasteiger partial charge in [-0.3, -0.25) is 9.59 Å². The summed E-state index contributed by atoms with van der Waals surface area (Å²) in [6, 6.07) is 1.90. The third-order valence-corrected chi connectivity index (χ3v) is 1.44. The van der Waals surface area contributed by atoms with Crippen molar-refractivity contribution < 1.29 is 14.3 Å². The van der Waals surface area contributed by atoms with E-state index in [2.05, 4.69) is 6.58 Å². The standard InChI is InChI=1S/C10H13NO3/c1-8(7-11)4-3-5-14-10(13)6-9(2)12/h1,3-6H2,2H3. The molecule has 0 rings (SSSR count). The third-order valence-electron chi connectivity index (χ3n) is 1.44. The summed E-state index contributed by atoms with van der Waals surface area (Å²) in [5, 5.41) is 8.36. The highest BCUT2D eigenvalue weighted by atomic mass is 16.5. The van der Waals surface area contributed by atoms with Gasteiger partial charge in [0.2, 0.25) is 0 Å². The van der Waals surface area contributed by atoms with Crippen molar-refractivity contribution in [2.45, 2.75) is 26.2 Å². The lowest BCUT2D eigenvalue weighted by molar-refractivity contribution is -0.145. The summed E-state index contributed by atoms with van der Waals surface area (Å²) in [6.45, 7) is 5.04. The van der Waals surface area contributed by atoms with E-state index in [0.29, 0.717) is 18.4 Å². The molecule has 0 aliphatic rings. The van der Waals surface area contributed by atoms with Gasteiger partial charge in [0.15, 0.2) is 0 Å². The SMILES string of the molecule is C=C(C#N)CCCOC(=O)CC(C)=O. The number of allylic oxidation sites excluding steroid dienone is 1. The van der Waals surface area contributed by atoms with Crippen LogP contribution < -0.4 is 0 Å². The molecule has 0 amide bonds. The number of Topliss-reactive ketones (excluding diaryl/α,β-unsaturated/α-hetero) is 1. The Morgan fingerprint density at radius 1 is 1.50 bits per heavy atom. The summed E-state index contributed by atoms with van der Waals surface area (Å²) in [5.74, 6) is -0.725. The summed E-state index contributed by atoms with van der Waals surface area (Å²) >= 11 is 0. The highest BCUT2D eigenvalue weighted by Gasteiger charge is 2.05. The van der Waals surface area contributed by atoms with E-state index in [1.807, 2.05) is 6.07 Å². The number of hydrogen-bond donors (Lipinski definition) is 0. The second-order valence-corrected chi connectivity index (χ2v) is 2.92. The first-order chi connectivity index (χ1) is 6.56. The zero-order chi connectivity index (χ0) is 11.0. The van der Waals surface area contributed by atoms with Gasteiger partial charge in [0.1, 0.15) is 12.2 Å². The van der Waals surface area contributed by atoms with Crippen molar-refractivity contribution in [1.29, 1.82) is 5.26 Å². The smallest absolute Gasteiger partial charge is 0.313 e. The number of ether oxygens (including phenoxy) is 1. The number of rotatable bonds is 6. The van der Waals surface area contributed by atoms with Crippen LogP contribution >= 0.6 is 0 Å². The molecule has 0 radical (unpaired) electrons. The molecule has 0 aromatic heterocycles. The first kappa shape index (κ1) is 12.4. The van der Waals surface area contributed by atoms with Gasteiger partial charge < -0.3 is 4.74 Å². The van der Waals surface area contributed by atoms with Gasteiger partial charge in [-0.1, -0.05) is 6.58 Å². The van der Waals surface area contributed by atoms with Crippen LogP contribution in [-0.4, -0.2) is 18.4 Å². The van der Waals surface area contributed by atoms with E-state index in [4.69, 9.17) is 10.00 Å². The molecule has 0 aliphatic heterocycles. The molecule has 4 heteroatoms. The van der Waals surface area contributed by atoms with Crippen LogP contribution in [0.15, 0.2) is 12.2 Å². The van der Waals surface area contributed by atoms with Crippen LogP contribution in [0, 0.1) is 11.3 Å². The molecule has 0 saturated heterocycles. The second kappa shape index (κ2) is 6.84. The lowest BCUT2D eigenvalue weighted by Gasteiger charge is -2.01. The first-order valence-corrected chi connectivity index (χ1v) is 4.29. The highest BCUT2D eigenvalue weighted by Crippen LogP contribution is 2.01. The molecule has 0 aromatic carbocycles. The van der Waals surface area contributed by atoms with Crippen LogP contribution in [0.2, 0.25) is 0 Å². The van der Waals surface area contributed by atoms with E-state index < -0.39 is 5.97 Å². The number of nitriles is 1. The van der Waals surface area contributed by atoms with Gasteiger partial charge in [0, 0.05) is 5.57 Å². The van der Waals surface area contributed by atoms with E-state index in [0.717, 1.165) is 0 Å². The van der Waals surface area contributed by atoms with E-state index in [1.165, 1.54) is 6.92 Å². The van der Waals surface area contributed by atoms with Crippen molar-refractivity contribution in [2.24, 2.45) is 0 Å². The quantitative estimate of drug-likeness (QED) is 0.278. The van der Waals surface area contributed by atoms with Crippen molar-refractivity contribution >= 4 is 11.8 Å². The fraction of sp³-hybridized carbons (Fsp3) is 0.500. The van der Waals surface area contributed by atoms with Crippen molar-refractivity contribution in [3.63, 3.8) is 0 Å². The van der Waals surface area contributed by atoms with E-state index in [-0.39, 0.29) is 18.8 Å². The fourth-order valence-corrected chi connectivity index (χ4v) is 0.782. The third kappa shape index (κ3) is 7.04. The molecule has 0 atom stereocenters. The van der Waals surface area contributed by atoms with Crippen molar-refractivity contribution in [3.05, 3.63) is 12.2 Å². The minimum Gasteiger partial charge on any atom is -0.465 e. The molecule has 4 nitrogen and oxygen atoms in total. The molecule has 0 aromatic rings. The van der Waals surface area contributed by atoms with Crippen LogP contribution in [0.1, 0.15) is 26.2 Å². The monoisotopic (exact) mass is 195 g/mol. The summed E-state index contributed by atoms with van der Waals surface area (Å²) in [6.07, 6.45) is 0.902. The van der Waals surface area contributed by atoms with Crippen LogP contribution in [0.3, 0.4) is 0 Å². The Balaban J connectivity index is 3.46. The molecule has 76 valence electrons. The Labute approximate surface area is 83.2 Å². The molecule has 0 heterocycles. The largest absolute Gasteiger partial charge is 0.465 e. The molecule has 0 unspecified atom stereocenters. The molecule has 0 fully saturated rings. The van der Waals surface area contributed by atoms with E-state index in [1.54, 1.807) is 0 Å². The number of esters is 1. The minimum atomic E-state index is -0.514. The predicted octanol–water partition coefficient (Wildman–Crippen LogP) is 1.37. The van der Waals surface area contributed by atoms with Crippen LogP contribution in [0.4, 0.5) is 0 Å². The van der Waals surface area contributed by atoms with Crippen molar-refractivity contribution in [1.82, 2.24) is 0 Å². The van der Waals surface area contributed by atoms with Gasteiger partial charge in [-0.15, -0.1) is 0 Å². The van der Waals surface area contributed by atoms with Crippen LogP contribution in [0.25, 0.3) is 0 Å². The Bertz CT molecular complexity index is 276. The lowest BCUT2D eigenvalue weighted by Crippen LogP contribution is -2.09. The highest BCUT2D eigenvalue weighted by molar-refractivity contribution is 5.94. The van der Waals surface area contributed by atoms with E-state index in [9.17, 15) is 9.59 Å². The molecule has 0 saturated carbocycles. The number of carbonyl (C=O) groups is 2. The summed E-state index contributed by atoms with van der Waals surface area (Å²) < 4.78 is 4.74. The fourth-order valence-electron chi connectivity index (χ4n) is 0.782. The Morgan fingerprint density at radius 3 is 2.64 bits per heavy atom. The molecule has 0 aliphatic carbocycles. The van der Waals surface area contributed by atoms with Gasteiger partial charge in [-0.2, -0.15) is 5.26 Å². The van der Waals surface area contributed by atoms with Crippen LogP contribution in [0.5, 0.6) is 0 Å². The van der Waals surface area contributed by atoms with Crippen LogP contribution in [-0.2, 0) is 14.3 Å². The molecule has 0 bridgehead atoms. The van der Waals surface area contributed by atoms with Gasteiger partial charge in [0.05, 0.1) is 12.7 Å². The Hall–Kier alpha value is -1.63. The average molecular weight is 195 g/mol. The summed E-state index contributed by atoms with van der Waals surface area (Å²) in [4.78, 5) is 21.3. The number of nitrogens with zero attached hydrogens (tertiary/aromatic N) is 1. The Kier molecular flexibility index (Phi) is 6.04. The number of hydrogen-bond acceptors (Lipinski definition) is 4. The molecular weight excluding hydrogens is 182 g/mol. The van der Waals surface area contributed by atoms with Crippen molar-refractivity contribution in [3.8, 4) is 6.07 Å². The predicted molar refractivity (Wildman–Crippen MR) is 50.2 cm³/mol. The lowest BCUT2D eigenvalue weighted by atomic mass is 10.2.